The highest BCUT2D eigenvalue weighted by Crippen LogP contribution is 2.15. The van der Waals surface area contributed by atoms with Crippen molar-refractivity contribution >= 4 is 23.6 Å². The second kappa shape index (κ2) is 9.41. The number of benzene rings is 1. The summed E-state index contributed by atoms with van der Waals surface area (Å²) in [5.74, 6) is -0.403. The lowest BCUT2D eigenvalue weighted by molar-refractivity contribution is -0.140. The first-order valence-electron chi connectivity index (χ1n) is 6.91. The molecular weight excluding hydrogens is 288 g/mol. The maximum absolute atomic E-state index is 11.6. The number of carboxylic acid groups (broad SMARTS) is 1. The quantitative estimate of drug-likeness (QED) is 0.477. The van der Waals surface area contributed by atoms with Crippen LogP contribution in [0.5, 0.6) is 0 Å². The lowest BCUT2D eigenvalue weighted by Gasteiger charge is -2.17. The van der Waals surface area contributed by atoms with Crippen LogP contribution < -0.4 is 10.6 Å². The van der Waals surface area contributed by atoms with Crippen molar-refractivity contribution in [2.45, 2.75) is 24.8 Å². The van der Waals surface area contributed by atoms with Gasteiger partial charge in [-0.15, -0.1) is 11.8 Å². The monoisotopic (exact) mass is 310 g/mol. The molecule has 1 aromatic carbocycles. The number of amides is 1. The zero-order chi connectivity index (χ0) is 15.7. The van der Waals surface area contributed by atoms with Crippen LogP contribution in [0, 0.1) is 5.92 Å². The zero-order valence-corrected chi connectivity index (χ0v) is 13.2. The van der Waals surface area contributed by atoms with Gasteiger partial charge in [0.25, 0.3) is 0 Å². The number of rotatable bonds is 9. The Labute approximate surface area is 129 Å². The maximum Gasteiger partial charge on any atom is 0.320 e. The topological polar surface area (TPSA) is 78.4 Å². The van der Waals surface area contributed by atoms with Crippen LogP contribution in [0.15, 0.2) is 35.2 Å². The van der Waals surface area contributed by atoms with Crippen molar-refractivity contribution in [3.63, 3.8) is 0 Å². The van der Waals surface area contributed by atoms with Gasteiger partial charge in [0.05, 0.1) is 6.54 Å². The molecule has 21 heavy (non-hydrogen) atoms. The van der Waals surface area contributed by atoms with Gasteiger partial charge >= 0.3 is 5.97 Å². The third-order valence-electron chi connectivity index (χ3n) is 2.85. The van der Waals surface area contributed by atoms with Gasteiger partial charge in [-0.1, -0.05) is 32.0 Å². The van der Waals surface area contributed by atoms with E-state index in [9.17, 15) is 9.59 Å². The maximum atomic E-state index is 11.6. The van der Waals surface area contributed by atoms with Crippen LogP contribution in [-0.4, -0.2) is 41.9 Å². The van der Waals surface area contributed by atoms with Gasteiger partial charge in [-0.2, -0.15) is 0 Å². The van der Waals surface area contributed by atoms with Crippen molar-refractivity contribution in [1.82, 2.24) is 10.6 Å². The lowest BCUT2D eigenvalue weighted by atomic mass is 10.1. The summed E-state index contributed by atoms with van der Waals surface area (Å²) in [7, 11) is 0. The van der Waals surface area contributed by atoms with Gasteiger partial charge in [0.2, 0.25) is 5.91 Å². The minimum absolute atomic E-state index is 0.0190. The first-order chi connectivity index (χ1) is 10.0. The van der Waals surface area contributed by atoms with Gasteiger partial charge in [0.15, 0.2) is 0 Å². The fourth-order valence-electron chi connectivity index (χ4n) is 1.75. The highest BCUT2D eigenvalue weighted by molar-refractivity contribution is 7.99. The Balaban J connectivity index is 2.18. The number of aliphatic carboxylic acids is 1. The second-order valence-corrected chi connectivity index (χ2v) is 6.12. The highest BCUT2D eigenvalue weighted by Gasteiger charge is 2.21. The van der Waals surface area contributed by atoms with Crippen molar-refractivity contribution in [3.8, 4) is 0 Å². The Kier molecular flexibility index (Phi) is 7.85. The standard InChI is InChI=1S/C15H22N2O3S/c1-11(2)14(15(19)20)17-10-13(18)16-8-9-21-12-6-4-3-5-7-12/h3-7,11,14,17H,8-10H2,1-2H3,(H,16,18)(H,19,20). The Morgan fingerprint density at radius 3 is 2.48 bits per heavy atom. The number of hydrogen-bond donors (Lipinski definition) is 3. The summed E-state index contributed by atoms with van der Waals surface area (Å²) in [4.78, 5) is 23.8. The van der Waals surface area contributed by atoms with E-state index in [4.69, 9.17) is 5.11 Å². The van der Waals surface area contributed by atoms with Crippen molar-refractivity contribution in [2.75, 3.05) is 18.8 Å². The van der Waals surface area contributed by atoms with Gasteiger partial charge in [0, 0.05) is 17.2 Å². The smallest absolute Gasteiger partial charge is 0.320 e. The predicted molar refractivity (Wildman–Crippen MR) is 84.4 cm³/mol. The SMILES string of the molecule is CC(C)C(NCC(=O)NCCSc1ccccc1)C(=O)O. The number of carboxylic acids is 1. The lowest BCUT2D eigenvalue weighted by Crippen LogP contribution is -2.46. The molecule has 0 aliphatic rings. The summed E-state index contributed by atoms with van der Waals surface area (Å²) < 4.78 is 0. The van der Waals surface area contributed by atoms with Gasteiger partial charge in [-0.05, 0) is 18.1 Å². The van der Waals surface area contributed by atoms with Crippen molar-refractivity contribution in [3.05, 3.63) is 30.3 Å². The fraction of sp³-hybridized carbons (Fsp3) is 0.467. The Bertz CT molecular complexity index is 451. The van der Waals surface area contributed by atoms with Crippen LogP contribution in [0.4, 0.5) is 0 Å². The van der Waals surface area contributed by atoms with E-state index in [1.165, 1.54) is 0 Å². The molecule has 0 saturated heterocycles. The summed E-state index contributed by atoms with van der Waals surface area (Å²) >= 11 is 1.67. The van der Waals surface area contributed by atoms with Gasteiger partial charge in [-0.25, -0.2) is 0 Å². The molecular formula is C15H22N2O3S. The average Bonchev–Trinajstić information content (AvgIpc) is 2.44. The highest BCUT2D eigenvalue weighted by atomic mass is 32.2. The van der Waals surface area contributed by atoms with Crippen LogP contribution in [0.1, 0.15) is 13.8 Å². The first kappa shape index (κ1) is 17.5. The minimum atomic E-state index is -0.933. The molecule has 3 N–H and O–H groups in total. The largest absolute Gasteiger partial charge is 0.480 e. The van der Waals surface area contributed by atoms with E-state index in [-0.39, 0.29) is 18.4 Å². The van der Waals surface area contributed by atoms with Crippen molar-refractivity contribution in [1.29, 1.82) is 0 Å². The molecule has 0 aliphatic carbocycles. The molecule has 5 nitrogen and oxygen atoms in total. The molecule has 0 radical (unpaired) electrons. The molecule has 0 spiro atoms. The molecule has 116 valence electrons. The molecule has 1 unspecified atom stereocenters. The summed E-state index contributed by atoms with van der Waals surface area (Å²) in [6.07, 6.45) is 0. The molecule has 1 aromatic rings. The molecule has 0 bridgehead atoms. The van der Waals surface area contributed by atoms with E-state index in [1.807, 2.05) is 30.3 Å². The summed E-state index contributed by atoms with van der Waals surface area (Å²) in [6.45, 7) is 4.19. The number of carbonyl (C=O) groups is 2. The average molecular weight is 310 g/mol. The molecule has 6 heteroatoms. The van der Waals surface area contributed by atoms with Crippen molar-refractivity contribution < 1.29 is 14.7 Å². The third-order valence-corrected chi connectivity index (χ3v) is 3.87. The fourth-order valence-corrected chi connectivity index (χ4v) is 2.54. The summed E-state index contributed by atoms with van der Waals surface area (Å²) in [6, 6.07) is 9.26. The van der Waals surface area contributed by atoms with E-state index in [0.717, 1.165) is 10.6 Å². The van der Waals surface area contributed by atoms with E-state index in [0.29, 0.717) is 6.54 Å². The van der Waals surface area contributed by atoms with Crippen LogP contribution in [0.3, 0.4) is 0 Å². The second-order valence-electron chi connectivity index (χ2n) is 4.95. The van der Waals surface area contributed by atoms with Gasteiger partial charge in [-0.3, -0.25) is 14.9 Å². The number of thioether (sulfide) groups is 1. The van der Waals surface area contributed by atoms with Crippen molar-refractivity contribution in [2.24, 2.45) is 5.92 Å². The molecule has 1 atom stereocenters. The summed E-state index contributed by atoms with van der Waals surface area (Å²) in [5, 5.41) is 14.5. The molecule has 0 aromatic heterocycles. The van der Waals surface area contributed by atoms with Crippen LogP contribution in [0.25, 0.3) is 0 Å². The summed E-state index contributed by atoms with van der Waals surface area (Å²) in [5.41, 5.74) is 0. The van der Waals surface area contributed by atoms with Gasteiger partial charge < -0.3 is 10.4 Å². The number of carbonyl (C=O) groups excluding carboxylic acids is 1. The third kappa shape index (κ3) is 7.15. The Hall–Kier alpha value is -1.53. The minimum Gasteiger partial charge on any atom is -0.480 e. The normalized spacial score (nSPS) is 12.1. The van der Waals surface area contributed by atoms with E-state index >= 15 is 0 Å². The van der Waals surface area contributed by atoms with E-state index in [2.05, 4.69) is 10.6 Å². The van der Waals surface area contributed by atoms with E-state index < -0.39 is 12.0 Å². The Morgan fingerprint density at radius 2 is 1.90 bits per heavy atom. The molecule has 1 amide bonds. The van der Waals surface area contributed by atoms with Crippen LogP contribution in [-0.2, 0) is 9.59 Å². The molecule has 0 fully saturated rings. The number of nitrogens with one attached hydrogen (secondary N) is 2. The molecule has 0 heterocycles. The molecule has 0 saturated carbocycles. The van der Waals surface area contributed by atoms with Crippen LogP contribution >= 0.6 is 11.8 Å². The van der Waals surface area contributed by atoms with E-state index in [1.54, 1.807) is 25.6 Å². The molecule has 1 rings (SSSR count). The number of hydrogen-bond acceptors (Lipinski definition) is 4. The Morgan fingerprint density at radius 1 is 1.24 bits per heavy atom. The predicted octanol–water partition coefficient (Wildman–Crippen LogP) is 1.59. The zero-order valence-electron chi connectivity index (χ0n) is 12.3. The van der Waals surface area contributed by atoms with Gasteiger partial charge in [0.1, 0.15) is 6.04 Å². The van der Waals surface area contributed by atoms with Crippen LogP contribution in [0.2, 0.25) is 0 Å². The molecule has 0 aliphatic heterocycles. The first-order valence-corrected chi connectivity index (χ1v) is 7.90.